The molecule has 7 heteroatoms. The zero-order valence-electron chi connectivity index (χ0n) is 8.37. The van der Waals surface area contributed by atoms with Crippen molar-refractivity contribution in [3.05, 3.63) is 0 Å². The highest BCUT2D eigenvalue weighted by molar-refractivity contribution is 4.88. The van der Waals surface area contributed by atoms with E-state index in [1.807, 2.05) is 0 Å². The lowest BCUT2D eigenvalue weighted by atomic mass is 9.80. The molecule has 0 aromatic carbocycles. The third kappa shape index (κ3) is 3.89. The molecule has 0 aliphatic carbocycles. The van der Waals surface area contributed by atoms with Crippen LogP contribution in [-0.4, -0.2) is 23.6 Å². The van der Waals surface area contributed by atoms with E-state index in [1.54, 1.807) is 0 Å². The van der Waals surface area contributed by atoms with Crippen molar-refractivity contribution in [3.63, 3.8) is 0 Å². The average molecular weight is 238 g/mol. The van der Waals surface area contributed by atoms with Gasteiger partial charge in [-0.3, -0.25) is 0 Å². The molecule has 15 heavy (non-hydrogen) atoms. The third-order valence-electron chi connectivity index (χ3n) is 1.91. The number of aliphatic hydroxyl groups is 1. The largest absolute Gasteiger partial charge is 0.403 e. The molecule has 0 aliphatic rings. The molecular weight excluding hydrogens is 226 g/mol. The first-order valence-corrected chi connectivity index (χ1v) is 4.09. The van der Waals surface area contributed by atoms with Crippen LogP contribution in [0, 0.1) is 11.3 Å². The highest BCUT2D eigenvalue weighted by atomic mass is 19.4. The summed E-state index contributed by atoms with van der Waals surface area (Å²) in [4.78, 5) is 0. The van der Waals surface area contributed by atoms with E-state index in [2.05, 4.69) is 0 Å². The van der Waals surface area contributed by atoms with Crippen LogP contribution in [0.25, 0.3) is 0 Å². The van der Waals surface area contributed by atoms with E-state index in [0.29, 0.717) is 0 Å². The Morgan fingerprint density at radius 1 is 0.800 bits per heavy atom. The Morgan fingerprint density at radius 2 is 1.07 bits per heavy atom. The molecule has 0 rings (SSSR count). The summed E-state index contributed by atoms with van der Waals surface area (Å²) in [6.45, 7) is 3.34. The number of halogens is 6. The third-order valence-corrected chi connectivity index (χ3v) is 1.91. The summed E-state index contributed by atoms with van der Waals surface area (Å²) in [6, 6.07) is 0. The van der Waals surface area contributed by atoms with Gasteiger partial charge in [0, 0.05) is 0 Å². The zero-order valence-corrected chi connectivity index (χ0v) is 8.37. The fraction of sp³-hybridized carbons (Fsp3) is 1.00. The van der Waals surface area contributed by atoms with E-state index < -0.39 is 29.8 Å². The van der Waals surface area contributed by atoms with Gasteiger partial charge in [0.25, 0.3) is 0 Å². The Kier molecular flexibility index (Phi) is 3.72. The van der Waals surface area contributed by atoms with E-state index in [0.717, 1.165) is 20.8 Å². The highest BCUT2D eigenvalue weighted by Crippen LogP contribution is 2.45. The van der Waals surface area contributed by atoms with Crippen LogP contribution in [0.2, 0.25) is 0 Å². The maximum absolute atomic E-state index is 12.1. The summed E-state index contributed by atoms with van der Waals surface area (Å²) in [5.74, 6) is -3.70. The van der Waals surface area contributed by atoms with Crippen molar-refractivity contribution >= 4 is 0 Å². The van der Waals surface area contributed by atoms with Crippen molar-refractivity contribution in [1.29, 1.82) is 0 Å². The van der Waals surface area contributed by atoms with Gasteiger partial charge < -0.3 is 5.11 Å². The standard InChI is InChI=1S/C8H12F6O/c1-6(2,3)5(15)4(7(9,10)11)8(12,13)14/h4-5,15H,1-3H3. The number of rotatable bonds is 1. The van der Waals surface area contributed by atoms with E-state index in [4.69, 9.17) is 5.11 Å². The average Bonchev–Trinajstić information content (AvgIpc) is 1.76. The molecule has 0 bridgehead atoms. The Labute approximate surface area is 83.1 Å². The van der Waals surface area contributed by atoms with Crippen LogP contribution < -0.4 is 0 Å². The van der Waals surface area contributed by atoms with Crippen LogP contribution in [0.4, 0.5) is 26.3 Å². The first-order valence-electron chi connectivity index (χ1n) is 4.09. The maximum atomic E-state index is 12.1. The molecule has 1 nitrogen and oxygen atoms in total. The molecule has 0 aromatic heterocycles. The summed E-state index contributed by atoms with van der Waals surface area (Å²) in [5.41, 5.74) is -1.49. The minimum absolute atomic E-state index is 1.11. The number of alkyl halides is 6. The monoisotopic (exact) mass is 238 g/mol. The van der Waals surface area contributed by atoms with Crippen LogP contribution in [0.1, 0.15) is 20.8 Å². The lowest BCUT2D eigenvalue weighted by Gasteiger charge is -2.35. The smallest absolute Gasteiger partial charge is 0.392 e. The second kappa shape index (κ2) is 3.84. The van der Waals surface area contributed by atoms with Crippen molar-refractivity contribution in [1.82, 2.24) is 0 Å². The highest BCUT2D eigenvalue weighted by Gasteiger charge is 2.62. The van der Waals surface area contributed by atoms with Gasteiger partial charge in [-0.15, -0.1) is 0 Å². The van der Waals surface area contributed by atoms with E-state index >= 15 is 0 Å². The molecule has 0 saturated heterocycles. The SMILES string of the molecule is CC(C)(C)C(O)C(C(F)(F)F)C(F)(F)F. The topological polar surface area (TPSA) is 20.2 Å². The molecule has 1 atom stereocenters. The van der Waals surface area contributed by atoms with Crippen LogP contribution in [-0.2, 0) is 0 Å². The van der Waals surface area contributed by atoms with Crippen LogP contribution >= 0.6 is 0 Å². The minimum Gasteiger partial charge on any atom is -0.392 e. The fourth-order valence-electron chi connectivity index (χ4n) is 1.04. The first kappa shape index (κ1) is 14.5. The van der Waals surface area contributed by atoms with Crippen LogP contribution in [0.15, 0.2) is 0 Å². The van der Waals surface area contributed by atoms with E-state index in [9.17, 15) is 26.3 Å². The molecule has 0 spiro atoms. The molecule has 0 radical (unpaired) electrons. The molecule has 0 heterocycles. The summed E-state index contributed by atoms with van der Waals surface area (Å²) in [5, 5.41) is 9.08. The van der Waals surface area contributed by atoms with Crippen LogP contribution in [0.3, 0.4) is 0 Å². The quantitative estimate of drug-likeness (QED) is 0.696. The normalized spacial score (nSPS) is 17.0. The molecule has 0 saturated carbocycles. The second-order valence-corrected chi connectivity index (χ2v) is 4.37. The fourth-order valence-corrected chi connectivity index (χ4v) is 1.04. The van der Waals surface area contributed by atoms with Gasteiger partial charge in [0.2, 0.25) is 0 Å². The predicted molar refractivity (Wildman–Crippen MR) is 41.1 cm³/mol. The Morgan fingerprint density at radius 3 is 1.13 bits per heavy atom. The minimum atomic E-state index is -5.50. The van der Waals surface area contributed by atoms with Crippen molar-refractivity contribution in [2.24, 2.45) is 11.3 Å². The molecule has 0 fully saturated rings. The van der Waals surface area contributed by atoms with Gasteiger partial charge >= 0.3 is 12.4 Å². The summed E-state index contributed by atoms with van der Waals surface area (Å²) in [6.07, 6.45) is -13.5. The molecule has 0 aliphatic heterocycles. The summed E-state index contributed by atoms with van der Waals surface area (Å²) >= 11 is 0. The van der Waals surface area contributed by atoms with Crippen molar-refractivity contribution < 1.29 is 31.4 Å². The Bertz CT molecular complexity index is 197. The van der Waals surface area contributed by atoms with Gasteiger partial charge in [0.05, 0.1) is 6.10 Å². The van der Waals surface area contributed by atoms with E-state index in [-0.39, 0.29) is 0 Å². The summed E-state index contributed by atoms with van der Waals surface area (Å²) in [7, 11) is 0. The maximum Gasteiger partial charge on any atom is 0.403 e. The van der Waals surface area contributed by atoms with Crippen molar-refractivity contribution in [2.75, 3.05) is 0 Å². The second-order valence-electron chi connectivity index (χ2n) is 4.37. The van der Waals surface area contributed by atoms with Gasteiger partial charge in [-0.05, 0) is 5.41 Å². The molecular formula is C8H12F6O. The van der Waals surface area contributed by atoms with Gasteiger partial charge in [-0.1, -0.05) is 20.8 Å². The van der Waals surface area contributed by atoms with Gasteiger partial charge in [0.1, 0.15) is 0 Å². The zero-order chi connectivity index (χ0) is 12.7. The molecule has 0 amide bonds. The first-order chi connectivity index (χ1) is 6.28. The Balaban J connectivity index is 5.16. The van der Waals surface area contributed by atoms with Crippen molar-refractivity contribution in [2.45, 2.75) is 39.2 Å². The summed E-state index contributed by atoms with van der Waals surface area (Å²) < 4.78 is 72.7. The number of hydrogen-bond acceptors (Lipinski definition) is 1. The molecule has 1 unspecified atom stereocenters. The lowest BCUT2D eigenvalue weighted by Crippen LogP contribution is -2.49. The number of hydrogen-bond donors (Lipinski definition) is 1. The van der Waals surface area contributed by atoms with Gasteiger partial charge in [-0.2, -0.15) is 26.3 Å². The van der Waals surface area contributed by atoms with E-state index in [1.165, 1.54) is 0 Å². The van der Waals surface area contributed by atoms with Crippen molar-refractivity contribution in [3.8, 4) is 0 Å². The van der Waals surface area contributed by atoms with Gasteiger partial charge in [-0.25, -0.2) is 0 Å². The molecule has 0 aromatic rings. The predicted octanol–water partition coefficient (Wildman–Crippen LogP) is 3.13. The molecule has 92 valence electrons. The van der Waals surface area contributed by atoms with Gasteiger partial charge in [0.15, 0.2) is 5.92 Å². The molecule has 1 N–H and O–H groups in total. The lowest BCUT2D eigenvalue weighted by molar-refractivity contribution is -0.315. The Hall–Kier alpha value is -0.460. The van der Waals surface area contributed by atoms with Crippen LogP contribution in [0.5, 0.6) is 0 Å². The number of aliphatic hydroxyl groups excluding tert-OH is 1.